The fourth-order valence-electron chi connectivity index (χ4n) is 2.44. The van der Waals surface area contributed by atoms with Crippen molar-refractivity contribution < 1.29 is 9.47 Å². The third-order valence-electron chi connectivity index (χ3n) is 3.75. The average molecular weight is 307 g/mol. The fraction of sp³-hybridized carbons (Fsp3) is 0.684. The Labute approximate surface area is 136 Å². The summed E-state index contributed by atoms with van der Waals surface area (Å²) in [5, 5.41) is 0. The zero-order valence-corrected chi connectivity index (χ0v) is 14.2. The Kier molecular flexibility index (Phi) is 11.7. The van der Waals surface area contributed by atoms with E-state index in [4.69, 9.17) is 15.2 Å². The highest BCUT2D eigenvalue weighted by Gasteiger charge is 1.97. The molecular weight excluding hydrogens is 274 g/mol. The Hall–Kier alpha value is -1.06. The molecule has 0 saturated carbocycles. The molecule has 0 aromatic heterocycles. The highest BCUT2D eigenvalue weighted by atomic mass is 16.5. The van der Waals surface area contributed by atoms with Gasteiger partial charge >= 0.3 is 0 Å². The van der Waals surface area contributed by atoms with Crippen molar-refractivity contribution in [3.05, 3.63) is 29.8 Å². The van der Waals surface area contributed by atoms with Crippen molar-refractivity contribution >= 4 is 0 Å². The van der Waals surface area contributed by atoms with Crippen LogP contribution in [0.1, 0.15) is 57.4 Å². The van der Waals surface area contributed by atoms with Crippen LogP contribution in [-0.4, -0.2) is 26.4 Å². The van der Waals surface area contributed by atoms with E-state index in [1.165, 1.54) is 56.9 Å². The van der Waals surface area contributed by atoms with Crippen molar-refractivity contribution in [3.8, 4) is 5.75 Å². The summed E-state index contributed by atoms with van der Waals surface area (Å²) in [7, 11) is 0. The molecule has 0 heterocycles. The van der Waals surface area contributed by atoms with Gasteiger partial charge in [0.25, 0.3) is 0 Å². The lowest BCUT2D eigenvalue weighted by Crippen LogP contribution is -2.13. The number of hydrogen-bond donors (Lipinski definition) is 1. The molecule has 0 spiro atoms. The van der Waals surface area contributed by atoms with Gasteiger partial charge in [-0.2, -0.15) is 0 Å². The Balaban J connectivity index is 2.06. The highest BCUT2D eigenvalue weighted by molar-refractivity contribution is 5.27. The number of benzene rings is 1. The number of rotatable bonds is 14. The number of hydrogen-bond acceptors (Lipinski definition) is 3. The molecule has 3 nitrogen and oxygen atoms in total. The molecule has 0 fully saturated rings. The van der Waals surface area contributed by atoms with Gasteiger partial charge in [-0.3, -0.25) is 0 Å². The van der Waals surface area contributed by atoms with Gasteiger partial charge < -0.3 is 15.2 Å². The monoisotopic (exact) mass is 307 g/mol. The van der Waals surface area contributed by atoms with Gasteiger partial charge in [0.2, 0.25) is 0 Å². The van der Waals surface area contributed by atoms with Crippen molar-refractivity contribution in [3.63, 3.8) is 0 Å². The third kappa shape index (κ3) is 9.80. The maximum Gasteiger partial charge on any atom is 0.119 e. The van der Waals surface area contributed by atoms with Crippen LogP contribution < -0.4 is 10.5 Å². The van der Waals surface area contributed by atoms with Crippen LogP contribution in [-0.2, 0) is 11.2 Å². The first-order valence-corrected chi connectivity index (χ1v) is 8.86. The molecule has 22 heavy (non-hydrogen) atoms. The molecule has 0 aliphatic heterocycles. The van der Waals surface area contributed by atoms with Gasteiger partial charge in [0.15, 0.2) is 0 Å². The molecular formula is C19H33NO2. The lowest BCUT2D eigenvalue weighted by atomic mass is 10.0. The van der Waals surface area contributed by atoms with Crippen LogP contribution in [0, 0.1) is 0 Å². The van der Waals surface area contributed by atoms with E-state index in [-0.39, 0.29) is 0 Å². The van der Waals surface area contributed by atoms with Gasteiger partial charge in [-0.25, -0.2) is 0 Å². The quantitative estimate of drug-likeness (QED) is 0.520. The van der Waals surface area contributed by atoms with E-state index in [2.05, 4.69) is 31.2 Å². The molecule has 126 valence electrons. The molecule has 0 aliphatic rings. The van der Waals surface area contributed by atoms with Crippen molar-refractivity contribution in [1.29, 1.82) is 0 Å². The Morgan fingerprint density at radius 1 is 0.818 bits per heavy atom. The first-order chi connectivity index (χ1) is 10.9. The van der Waals surface area contributed by atoms with Crippen LogP contribution in [0.5, 0.6) is 5.75 Å². The van der Waals surface area contributed by atoms with E-state index in [0.29, 0.717) is 26.4 Å². The molecule has 3 heteroatoms. The van der Waals surface area contributed by atoms with Gasteiger partial charge in [0.1, 0.15) is 12.4 Å². The molecule has 0 bridgehead atoms. The van der Waals surface area contributed by atoms with E-state index >= 15 is 0 Å². The van der Waals surface area contributed by atoms with Gasteiger partial charge in [-0.1, -0.05) is 57.6 Å². The van der Waals surface area contributed by atoms with Crippen LogP contribution in [0.15, 0.2) is 24.3 Å². The smallest absolute Gasteiger partial charge is 0.119 e. The second-order valence-corrected chi connectivity index (χ2v) is 5.76. The van der Waals surface area contributed by atoms with E-state index in [0.717, 1.165) is 5.75 Å². The van der Waals surface area contributed by atoms with Crippen molar-refractivity contribution in [1.82, 2.24) is 0 Å². The second-order valence-electron chi connectivity index (χ2n) is 5.76. The minimum Gasteiger partial charge on any atom is -0.491 e. The summed E-state index contributed by atoms with van der Waals surface area (Å²) >= 11 is 0. The number of unbranched alkanes of at least 4 members (excludes halogenated alkanes) is 6. The first-order valence-electron chi connectivity index (χ1n) is 8.86. The minimum atomic E-state index is 0.563. The van der Waals surface area contributed by atoms with E-state index < -0.39 is 0 Å². The highest BCUT2D eigenvalue weighted by Crippen LogP contribution is 2.15. The van der Waals surface area contributed by atoms with Crippen LogP contribution in [0.25, 0.3) is 0 Å². The average Bonchev–Trinajstić information content (AvgIpc) is 2.55. The third-order valence-corrected chi connectivity index (χ3v) is 3.75. The molecule has 0 saturated heterocycles. The van der Waals surface area contributed by atoms with Crippen LogP contribution >= 0.6 is 0 Å². The lowest BCUT2D eigenvalue weighted by molar-refractivity contribution is 0.106. The summed E-state index contributed by atoms with van der Waals surface area (Å²) in [5.74, 6) is 0.916. The topological polar surface area (TPSA) is 44.5 Å². The molecule has 0 aliphatic carbocycles. The molecule has 0 amide bonds. The van der Waals surface area contributed by atoms with Gasteiger partial charge in [-0.05, 0) is 30.5 Å². The Bertz CT molecular complexity index is 351. The lowest BCUT2D eigenvalue weighted by Gasteiger charge is -2.08. The Morgan fingerprint density at radius 2 is 1.50 bits per heavy atom. The summed E-state index contributed by atoms with van der Waals surface area (Å²) in [6.07, 6.45) is 10.7. The van der Waals surface area contributed by atoms with Crippen molar-refractivity contribution in [2.24, 2.45) is 5.73 Å². The van der Waals surface area contributed by atoms with Gasteiger partial charge in [0, 0.05) is 6.54 Å². The van der Waals surface area contributed by atoms with Gasteiger partial charge in [0.05, 0.1) is 13.2 Å². The maximum atomic E-state index is 5.62. The Morgan fingerprint density at radius 3 is 2.18 bits per heavy atom. The fourth-order valence-corrected chi connectivity index (χ4v) is 2.44. The molecule has 1 aromatic carbocycles. The number of ether oxygens (including phenoxy) is 2. The number of aryl methyl sites for hydroxylation is 1. The zero-order valence-electron chi connectivity index (χ0n) is 14.2. The molecule has 1 aromatic rings. The van der Waals surface area contributed by atoms with Gasteiger partial charge in [-0.15, -0.1) is 0 Å². The maximum absolute atomic E-state index is 5.62. The summed E-state index contributed by atoms with van der Waals surface area (Å²) in [6.45, 7) is 4.60. The minimum absolute atomic E-state index is 0.563. The summed E-state index contributed by atoms with van der Waals surface area (Å²) in [4.78, 5) is 0. The van der Waals surface area contributed by atoms with Crippen LogP contribution in [0.4, 0.5) is 0 Å². The van der Waals surface area contributed by atoms with Crippen LogP contribution in [0.3, 0.4) is 0 Å². The molecule has 1 rings (SSSR count). The summed E-state index contributed by atoms with van der Waals surface area (Å²) in [5.41, 5.74) is 6.76. The SMILES string of the molecule is CCCCCCCCCc1ccc(OCCOCCN)cc1. The molecule has 0 atom stereocenters. The normalized spacial score (nSPS) is 10.8. The van der Waals surface area contributed by atoms with E-state index in [9.17, 15) is 0 Å². The largest absolute Gasteiger partial charge is 0.491 e. The number of nitrogens with two attached hydrogens (primary N) is 1. The molecule has 2 N–H and O–H groups in total. The summed E-state index contributed by atoms with van der Waals surface area (Å²) < 4.78 is 10.9. The standard InChI is InChI=1S/C19H33NO2/c1-2-3-4-5-6-7-8-9-18-10-12-19(13-11-18)22-17-16-21-15-14-20/h10-13H,2-9,14-17,20H2,1H3. The van der Waals surface area contributed by atoms with Crippen molar-refractivity contribution in [2.45, 2.75) is 58.3 Å². The second kappa shape index (κ2) is 13.6. The van der Waals surface area contributed by atoms with E-state index in [1.807, 2.05) is 0 Å². The predicted molar refractivity (Wildman–Crippen MR) is 93.5 cm³/mol. The summed E-state index contributed by atoms with van der Waals surface area (Å²) in [6, 6.07) is 8.46. The molecule has 0 unspecified atom stereocenters. The predicted octanol–water partition coefficient (Wildman–Crippen LogP) is 4.33. The zero-order chi connectivity index (χ0) is 15.9. The van der Waals surface area contributed by atoms with Crippen molar-refractivity contribution in [2.75, 3.05) is 26.4 Å². The molecule has 0 radical (unpaired) electrons. The first kappa shape index (κ1) is 19.0. The van der Waals surface area contributed by atoms with E-state index in [1.54, 1.807) is 0 Å². The van der Waals surface area contributed by atoms with Crippen LogP contribution in [0.2, 0.25) is 0 Å².